The Balaban J connectivity index is 2.17. The number of nitrogens with one attached hydrogen (secondary N) is 1. The van der Waals surface area contributed by atoms with Crippen molar-refractivity contribution in [3.63, 3.8) is 0 Å². The Morgan fingerprint density at radius 2 is 2.27 bits per heavy atom. The Morgan fingerprint density at radius 1 is 1.40 bits per heavy atom. The number of hydrogen-bond acceptors (Lipinski definition) is 2. The van der Waals surface area contributed by atoms with Gasteiger partial charge in [0.25, 0.3) is 0 Å². The Hall–Kier alpha value is -1.77. The van der Waals surface area contributed by atoms with Gasteiger partial charge in [-0.05, 0) is 30.0 Å². The van der Waals surface area contributed by atoms with Gasteiger partial charge in [-0.1, -0.05) is 6.92 Å². The maximum absolute atomic E-state index is 11.3. The number of esters is 1. The normalized spacial score (nSPS) is 10.5. The summed E-state index contributed by atoms with van der Waals surface area (Å²) in [4.78, 5) is 14.3. The van der Waals surface area contributed by atoms with Crippen LogP contribution in [0.25, 0.3) is 10.9 Å². The van der Waals surface area contributed by atoms with E-state index < -0.39 is 0 Å². The van der Waals surface area contributed by atoms with Gasteiger partial charge in [-0.2, -0.15) is 0 Å². The summed E-state index contributed by atoms with van der Waals surface area (Å²) < 4.78 is 5.17. The van der Waals surface area contributed by atoms with Gasteiger partial charge in [0.15, 0.2) is 0 Å². The minimum Gasteiger partial charge on any atom is -0.426 e. The summed E-state index contributed by atoms with van der Waals surface area (Å²) in [7, 11) is 0. The van der Waals surface area contributed by atoms with Gasteiger partial charge in [0.1, 0.15) is 5.75 Å². The fourth-order valence-electron chi connectivity index (χ4n) is 1.48. The van der Waals surface area contributed by atoms with Crippen LogP contribution in [0.2, 0.25) is 0 Å². The first-order valence-electron chi connectivity index (χ1n) is 5.07. The smallest absolute Gasteiger partial charge is 0.311 e. The highest BCUT2D eigenvalue weighted by molar-refractivity contribution is 5.82. The topological polar surface area (TPSA) is 42.1 Å². The van der Waals surface area contributed by atoms with Gasteiger partial charge >= 0.3 is 5.97 Å². The lowest BCUT2D eigenvalue weighted by Crippen LogP contribution is -2.06. The van der Waals surface area contributed by atoms with Gasteiger partial charge in [0, 0.05) is 24.2 Å². The molecule has 0 unspecified atom stereocenters. The molecular weight excluding hydrogens is 190 g/mol. The SMILES string of the molecule is CCCC(=O)Oc1ccc2cc[nH]c2c1. The average Bonchev–Trinajstić information content (AvgIpc) is 2.65. The lowest BCUT2D eigenvalue weighted by atomic mass is 10.2. The molecule has 0 aliphatic heterocycles. The minimum atomic E-state index is -0.177. The molecule has 0 atom stereocenters. The van der Waals surface area contributed by atoms with E-state index >= 15 is 0 Å². The van der Waals surface area contributed by atoms with E-state index in [0.29, 0.717) is 12.2 Å². The third-order valence-corrected chi connectivity index (χ3v) is 2.21. The molecule has 0 saturated carbocycles. The Bertz CT molecular complexity index is 473. The molecule has 1 aromatic carbocycles. The Morgan fingerprint density at radius 3 is 3.07 bits per heavy atom. The molecule has 2 rings (SSSR count). The van der Waals surface area contributed by atoms with Crippen LogP contribution in [0.3, 0.4) is 0 Å². The summed E-state index contributed by atoms with van der Waals surface area (Å²) in [5.41, 5.74) is 0.983. The predicted octanol–water partition coefficient (Wildman–Crippen LogP) is 2.87. The van der Waals surface area contributed by atoms with Crippen LogP contribution in [0.1, 0.15) is 19.8 Å². The van der Waals surface area contributed by atoms with Crippen molar-refractivity contribution in [1.29, 1.82) is 0 Å². The van der Waals surface area contributed by atoms with Crippen molar-refractivity contribution >= 4 is 16.9 Å². The second-order valence-electron chi connectivity index (χ2n) is 3.45. The van der Waals surface area contributed by atoms with Gasteiger partial charge in [-0.3, -0.25) is 4.79 Å². The average molecular weight is 203 g/mol. The van der Waals surface area contributed by atoms with Crippen LogP contribution in [-0.2, 0) is 4.79 Å². The van der Waals surface area contributed by atoms with Crippen molar-refractivity contribution in [3.8, 4) is 5.75 Å². The van der Waals surface area contributed by atoms with E-state index in [2.05, 4.69) is 4.98 Å². The molecule has 0 aliphatic carbocycles. The number of aromatic amines is 1. The highest BCUT2D eigenvalue weighted by atomic mass is 16.5. The van der Waals surface area contributed by atoms with Crippen molar-refractivity contribution in [2.75, 3.05) is 0 Å². The molecule has 1 N–H and O–H groups in total. The number of rotatable bonds is 3. The lowest BCUT2D eigenvalue weighted by Gasteiger charge is -2.02. The summed E-state index contributed by atoms with van der Waals surface area (Å²) in [5.74, 6) is 0.423. The van der Waals surface area contributed by atoms with E-state index in [1.54, 1.807) is 0 Å². The highest BCUT2D eigenvalue weighted by Gasteiger charge is 2.04. The van der Waals surface area contributed by atoms with Crippen LogP contribution < -0.4 is 4.74 Å². The molecule has 1 aromatic heterocycles. The van der Waals surface area contributed by atoms with Gasteiger partial charge in [-0.25, -0.2) is 0 Å². The fraction of sp³-hybridized carbons (Fsp3) is 0.250. The van der Waals surface area contributed by atoms with Crippen LogP contribution in [0.4, 0.5) is 0 Å². The van der Waals surface area contributed by atoms with Crippen LogP contribution >= 0.6 is 0 Å². The molecule has 0 spiro atoms. The Labute approximate surface area is 88.1 Å². The first kappa shape index (κ1) is 9.77. The molecule has 3 heteroatoms. The number of ether oxygens (including phenoxy) is 1. The van der Waals surface area contributed by atoms with Crippen molar-refractivity contribution in [1.82, 2.24) is 4.98 Å². The summed E-state index contributed by atoms with van der Waals surface area (Å²) in [5, 5.41) is 1.12. The second kappa shape index (κ2) is 4.17. The van der Waals surface area contributed by atoms with Gasteiger partial charge < -0.3 is 9.72 Å². The summed E-state index contributed by atoms with van der Waals surface area (Å²) in [6, 6.07) is 7.56. The fourth-order valence-corrected chi connectivity index (χ4v) is 1.48. The Kier molecular flexibility index (Phi) is 2.72. The maximum Gasteiger partial charge on any atom is 0.311 e. The van der Waals surface area contributed by atoms with E-state index in [1.165, 1.54) is 0 Å². The quantitative estimate of drug-likeness (QED) is 0.615. The molecule has 0 bridgehead atoms. The van der Waals surface area contributed by atoms with Crippen LogP contribution in [0.15, 0.2) is 30.5 Å². The van der Waals surface area contributed by atoms with E-state index in [-0.39, 0.29) is 5.97 Å². The zero-order valence-electron chi connectivity index (χ0n) is 8.62. The number of aromatic nitrogens is 1. The third kappa shape index (κ3) is 2.18. The highest BCUT2D eigenvalue weighted by Crippen LogP contribution is 2.19. The number of carbonyl (C=O) groups excluding carboxylic acids is 1. The lowest BCUT2D eigenvalue weighted by molar-refractivity contribution is -0.134. The molecule has 0 radical (unpaired) electrons. The van der Waals surface area contributed by atoms with Crippen molar-refractivity contribution in [2.45, 2.75) is 19.8 Å². The van der Waals surface area contributed by atoms with Crippen molar-refractivity contribution < 1.29 is 9.53 Å². The van der Waals surface area contributed by atoms with Gasteiger partial charge in [-0.15, -0.1) is 0 Å². The van der Waals surface area contributed by atoms with Crippen LogP contribution in [-0.4, -0.2) is 11.0 Å². The van der Waals surface area contributed by atoms with E-state index in [1.807, 2.05) is 37.4 Å². The van der Waals surface area contributed by atoms with Gasteiger partial charge in [0.2, 0.25) is 0 Å². The van der Waals surface area contributed by atoms with Crippen molar-refractivity contribution in [3.05, 3.63) is 30.5 Å². The monoisotopic (exact) mass is 203 g/mol. The number of benzene rings is 1. The first-order chi connectivity index (χ1) is 7.29. The zero-order chi connectivity index (χ0) is 10.7. The molecule has 0 aliphatic rings. The molecule has 2 aromatic rings. The molecule has 15 heavy (non-hydrogen) atoms. The number of hydrogen-bond donors (Lipinski definition) is 1. The minimum absolute atomic E-state index is 0.177. The summed E-state index contributed by atoms with van der Waals surface area (Å²) >= 11 is 0. The standard InChI is InChI=1S/C12H13NO2/c1-2-3-12(14)15-10-5-4-9-6-7-13-11(9)8-10/h4-8,13H,2-3H2,1H3. The predicted molar refractivity (Wildman–Crippen MR) is 58.8 cm³/mol. The van der Waals surface area contributed by atoms with Crippen LogP contribution in [0, 0.1) is 0 Å². The van der Waals surface area contributed by atoms with Crippen molar-refractivity contribution in [2.24, 2.45) is 0 Å². The van der Waals surface area contributed by atoms with Crippen LogP contribution in [0.5, 0.6) is 5.75 Å². The zero-order valence-corrected chi connectivity index (χ0v) is 8.62. The summed E-state index contributed by atoms with van der Waals surface area (Å²) in [6.45, 7) is 1.95. The maximum atomic E-state index is 11.3. The van der Waals surface area contributed by atoms with E-state index in [4.69, 9.17) is 4.74 Å². The first-order valence-corrected chi connectivity index (χ1v) is 5.07. The third-order valence-electron chi connectivity index (χ3n) is 2.21. The summed E-state index contributed by atoms with van der Waals surface area (Å²) in [6.07, 6.45) is 3.13. The molecule has 1 heterocycles. The molecule has 0 amide bonds. The van der Waals surface area contributed by atoms with Gasteiger partial charge in [0.05, 0.1) is 0 Å². The van der Waals surface area contributed by atoms with E-state index in [0.717, 1.165) is 17.3 Å². The number of H-pyrrole nitrogens is 1. The van der Waals surface area contributed by atoms with E-state index in [9.17, 15) is 4.79 Å². The number of fused-ring (bicyclic) bond motifs is 1. The number of carbonyl (C=O) groups is 1. The molecular formula is C12H13NO2. The molecule has 78 valence electrons. The largest absolute Gasteiger partial charge is 0.426 e. The molecule has 0 fully saturated rings. The molecule has 3 nitrogen and oxygen atoms in total. The molecule has 0 saturated heterocycles. The second-order valence-corrected chi connectivity index (χ2v) is 3.45.